The Morgan fingerprint density at radius 3 is 2.52 bits per heavy atom. The van der Waals surface area contributed by atoms with Crippen LogP contribution in [0.2, 0.25) is 0 Å². The van der Waals surface area contributed by atoms with Gasteiger partial charge < -0.3 is 19.6 Å². The summed E-state index contributed by atoms with van der Waals surface area (Å²) in [6, 6.07) is 17.6. The second kappa shape index (κ2) is 9.81. The van der Waals surface area contributed by atoms with Gasteiger partial charge in [-0.1, -0.05) is 24.3 Å². The number of nitrogen functional groups attached to an aromatic ring is 1. The Labute approximate surface area is 227 Å². The van der Waals surface area contributed by atoms with E-state index in [0.717, 1.165) is 0 Å². The summed E-state index contributed by atoms with van der Waals surface area (Å²) in [6.07, 6.45) is 1.35. The minimum absolute atomic E-state index is 0.235. The molecular weight excluding hydrogens is 513 g/mol. The molecule has 0 saturated heterocycles. The van der Waals surface area contributed by atoms with Crippen LogP contribution in [-0.4, -0.2) is 34.0 Å². The molecular formula is C30H24FN5O4. The van der Waals surface area contributed by atoms with Gasteiger partial charge in [-0.25, -0.2) is 19.0 Å². The SMILES string of the molecule is COc1ccc(-c2nn(C(C)c3oc4ccccc4c(=O)c3-c3cccc(F)c3)c3ncnc(N)c23)cc1OC. The van der Waals surface area contributed by atoms with Crippen LogP contribution in [0.1, 0.15) is 18.7 Å². The van der Waals surface area contributed by atoms with Gasteiger partial charge in [0.2, 0.25) is 5.43 Å². The molecule has 200 valence electrons. The van der Waals surface area contributed by atoms with E-state index in [-0.39, 0.29) is 16.8 Å². The van der Waals surface area contributed by atoms with Crippen LogP contribution in [0.25, 0.3) is 44.4 Å². The summed E-state index contributed by atoms with van der Waals surface area (Å²) in [5.41, 5.74) is 8.74. The lowest BCUT2D eigenvalue weighted by molar-refractivity contribution is 0.355. The smallest absolute Gasteiger partial charge is 0.200 e. The number of ether oxygens (including phenoxy) is 2. The maximum atomic E-state index is 14.3. The Morgan fingerprint density at radius 1 is 0.950 bits per heavy atom. The molecule has 0 fully saturated rings. The summed E-state index contributed by atoms with van der Waals surface area (Å²) in [7, 11) is 3.11. The van der Waals surface area contributed by atoms with Gasteiger partial charge in [-0.2, -0.15) is 5.10 Å². The van der Waals surface area contributed by atoms with E-state index in [4.69, 9.17) is 24.7 Å². The van der Waals surface area contributed by atoms with Gasteiger partial charge in [-0.15, -0.1) is 0 Å². The normalized spacial score (nSPS) is 12.1. The first-order chi connectivity index (χ1) is 19.4. The van der Waals surface area contributed by atoms with E-state index in [2.05, 4.69) is 9.97 Å². The molecule has 6 aromatic rings. The zero-order valence-corrected chi connectivity index (χ0v) is 21.9. The Hall–Kier alpha value is -5.25. The fourth-order valence-corrected chi connectivity index (χ4v) is 4.93. The molecule has 2 N–H and O–H groups in total. The minimum Gasteiger partial charge on any atom is -0.493 e. The molecule has 3 aromatic heterocycles. The molecule has 0 amide bonds. The molecule has 0 radical (unpaired) electrons. The minimum atomic E-state index is -0.652. The highest BCUT2D eigenvalue weighted by atomic mass is 19.1. The Morgan fingerprint density at radius 2 is 1.75 bits per heavy atom. The first-order valence-corrected chi connectivity index (χ1v) is 12.4. The van der Waals surface area contributed by atoms with Crippen LogP contribution in [0, 0.1) is 5.82 Å². The van der Waals surface area contributed by atoms with Gasteiger partial charge in [-0.3, -0.25) is 4.79 Å². The molecule has 0 aliphatic carbocycles. The summed E-state index contributed by atoms with van der Waals surface area (Å²) in [4.78, 5) is 22.5. The summed E-state index contributed by atoms with van der Waals surface area (Å²) >= 11 is 0. The van der Waals surface area contributed by atoms with Gasteiger partial charge in [0.25, 0.3) is 0 Å². The quantitative estimate of drug-likeness (QED) is 0.291. The summed E-state index contributed by atoms with van der Waals surface area (Å²) in [5.74, 6) is 1.14. The number of halogens is 1. The average Bonchev–Trinajstić information content (AvgIpc) is 3.37. The van der Waals surface area contributed by atoms with Crippen molar-refractivity contribution >= 4 is 27.8 Å². The molecule has 0 bridgehead atoms. The number of para-hydroxylation sites is 1. The van der Waals surface area contributed by atoms with Crippen LogP contribution in [-0.2, 0) is 0 Å². The maximum Gasteiger partial charge on any atom is 0.200 e. The van der Waals surface area contributed by atoms with E-state index in [0.29, 0.717) is 56.1 Å². The van der Waals surface area contributed by atoms with E-state index in [9.17, 15) is 9.18 Å². The Kier molecular flexibility index (Phi) is 6.14. The molecule has 0 aliphatic heterocycles. The summed E-state index contributed by atoms with van der Waals surface area (Å²) in [6.45, 7) is 1.83. The number of hydrogen-bond acceptors (Lipinski definition) is 8. The van der Waals surface area contributed by atoms with E-state index >= 15 is 0 Å². The van der Waals surface area contributed by atoms with Gasteiger partial charge in [0, 0.05) is 5.56 Å². The highest BCUT2D eigenvalue weighted by Crippen LogP contribution is 2.38. The highest BCUT2D eigenvalue weighted by Gasteiger charge is 2.27. The molecule has 3 heterocycles. The third kappa shape index (κ3) is 4.01. The average molecular weight is 538 g/mol. The van der Waals surface area contributed by atoms with Crippen molar-refractivity contribution in [3.8, 4) is 33.9 Å². The number of benzene rings is 3. The lowest BCUT2D eigenvalue weighted by Crippen LogP contribution is -2.16. The van der Waals surface area contributed by atoms with Gasteiger partial charge in [-0.05, 0) is 55.0 Å². The van der Waals surface area contributed by atoms with Crippen molar-refractivity contribution in [2.75, 3.05) is 20.0 Å². The van der Waals surface area contributed by atoms with Crippen molar-refractivity contribution in [3.05, 3.63) is 94.9 Å². The van der Waals surface area contributed by atoms with Crippen molar-refractivity contribution in [2.24, 2.45) is 0 Å². The second-order valence-electron chi connectivity index (χ2n) is 9.17. The molecule has 0 spiro atoms. The molecule has 9 nitrogen and oxygen atoms in total. The lowest BCUT2D eigenvalue weighted by atomic mass is 9.99. The van der Waals surface area contributed by atoms with Gasteiger partial charge in [0.15, 0.2) is 17.1 Å². The van der Waals surface area contributed by atoms with Crippen LogP contribution in [0.3, 0.4) is 0 Å². The number of rotatable bonds is 6. The van der Waals surface area contributed by atoms with E-state index in [1.54, 1.807) is 67.4 Å². The van der Waals surface area contributed by atoms with Crippen LogP contribution in [0.15, 0.2) is 82.3 Å². The van der Waals surface area contributed by atoms with E-state index < -0.39 is 11.9 Å². The summed E-state index contributed by atoms with van der Waals surface area (Å²) < 4.78 is 33.2. The maximum absolute atomic E-state index is 14.3. The van der Waals surface area contributed by atoms with Crippen molar-refractivity contribution in [1.29, 1.82) is 0 Å². The Bertz CT molecular complexity index is 1970. The van der Waals surface area contributed by atoms with Crippen LogP contribution < -0.4 is 20.6 Å². The lowest BCUT2D eigenvalue weighted by Gasteiger charge is -2.17. The van der Waals surface area contributed by atoms with Crippen LogP contribution in [0.4, 0.5) is 10.2 Å². The number of fused-ring (bicyclic) bond motifs is 2. The molecule has 3 aromatic carbocycles. The van der Waals surface area contributed by atoms with Gasteiger partial charge in [0.05, 0.1) is 30.6 Å². The van der Waals surface area contributed by atoms with Crippen molar-refractivity contribution in [3.63, 3.8) is 0 Å². The van der Waals surface area contributed by atoms with E-state index in [1.807, 2.05) is 13.0 Å². The number of anilines is 1. The van der Waals surface area contributed by atoms with Crippen molar-refractivity contribution < 1.29 is 18.3 Å². The zero-order valence-electron chi connectivity index (χ0n) is 21.9. The molecule has 1 atom stereocenters. The predicted octanol–water partition coefficient (Wildman–Crippen LogP) is 5.61. The number of aromatic nitrogens is 4. The van der Waals surface area contributed by atoms with E-state index in [1.165, 1.54) is 18.5 Å². The topological polar surface area (TPSA) is 118 Å². The van der Waals surface area contributed by atoms with Crippen LogP contribution >= 0.6 is 0 Å². The molecule has 0 aliphatic rings. The van der Waals surface area contributed by atoms with Gasteiger partial charge in [0.1, 0.15) is 41.0 Å². The summed E-state index contributed by atoms with van der Waals surface area (Å²) in [5, 5.41) is 5.81. The standard InChI is InChI=1S/C30H24FN5O4/c1-16(28-24(17-7-6-8-19(31)13-17)27(37)20-9-4-5-10-21(20)40-28)36-30-25(29(32)33-15-34-30)26(35-36)18-11-12-22(38-2)23(14-18)39-3/h4-16H,1-3H3,(H2,32,33,34). The number of nitrogens with zero attached hydrogens (tertiary/aromatic N) is 4. The number of nitrogens with two attached hydrogens (primary N) is 1. The molecule has 10 heteroatoms. The third-order valence-electron chi connectivity index (χ3n) is 6.86. The molecule has 1 unspecified atom stereocenters. The van der Waals surface area contributed by atoms with Crippen molar-refractivity contribution in [2.45, 2.75) is 13.0 Å². The fourth-order valence-electron chi connectivity index (χ4n) is 4.93. The largest absolute Gasteiger partial charge is 0.493 e. The predicted molar refractivity (Wildman–Crippen MR) is 150 cm³/mol. The first-order valence-electron chi connectivity index (χ1n) is 12.4. The monoisotopic (exact) mass is 537 g/mol. The highest BCUT2D eigenvalue weighted by molar-refractivity contribution is 5.98. The Balaban J connectivity index is 1.62. The number of methoxy groups -OCH3 is 2. The molecule has 40 heavy (non-hydrogen) atoms. The molecule has 6 rings (SSSR count). The van der Waals surface area contributed by atoms with Gasteiger partial charge >= 0.3 is 0 Å². The van der Waals surface area contributed by atoms with Crippen LogP contribution in [0.5, 0.6) is 11.5 Å². The zero-order chi connectivity index (χ0) is 28.0. The fraction of sp³-hybridized carbons (Fsp3) is 0.133. The third-order valence-corrected chi connectivity index (χ3v) is 6.86. The second-order valence-corrected chi connectivity index (χ2v) is 9.17. The number of hydrogen-bond donors (Lipinski definition) is 1. The van der Waals surface area contributed by atoms with Crippen molar-refractivity contribution in [1.82, 2.24) is 19.7 Å². The first kappa shape index (κ1) is 25.1. The molecule has 0 saturated carbocycles.